The number of amides is 2. The number of benzene rings is 1. The average Bonchev–Trinajstić information content (AvgIpc) is 3.45. The molecule has 9 heteroatoms. The number of thiophene rings is 1. The van der Waals surface area contributed by atoms with Crippen molar-refractivity contribution in [2.75, 3.05) is 12.4 Å². The molecule has 0 aliphatic carbocycles. The Kier molecular flexibility index (Phi) is 5.57. The molecule has 2 aromatic heterocycles. The normalized spacial score (nSPS) is 13.6. The minimum Gasteiger partial charge on any atom is -0.469 e. The lowest BCUT2D eigenvalue weighted by molar-refractivity contribution is -0.141. The number of methoxy groups -OCH3 is 1. The largest absolute Gasteiger partial charge is 0.469 e. The molecule has 0 spiro atoms. The van der Waals surface area contributed by atoms with E-state index in [4.69, 9.17) is 4.74 Å². The van der Waals surface area contributed by atoms with Gasteiger partial charge in [0.15, 0.2) is 5.82 Å². The first kappa shape index (κ1) is 19.1. The number of anilines is 1. The van der Waals surface area contributed by atoms with Gasteiger partial charge in [-0.2, -0.15) is 0 Å². The third-order valence-corrected chi connectivity index (χ3v) is 5.76. The van der Waals surface area contributed by atoms with E-state index < -0.39 is 12.1 Å². The Morgan fingerprint density at radius 1 is 1.28 bits per heavy atom. The third-order valence-electron chi connectivity index (χ3n) is 4.78. The molecule has 1 atom stereocenters. The lowest BCUT2D eigenvalue weighted by Crippen LogP contribution is -2.33. The molecule has 0 saturated heterocycles. The van der Waals surface area contributed by atoms with Crippen LogP contribution in [0, 0.1) is 0 Å². The maximum Gasteiger partial charge on any atom is 0.319 e. The predicted molar refractivity (Wildman–Crippen MR) is 110 cm³/mol. The summed E-state index contributed by atoms with van der Waals surface area (Å²) in [5.41, 5.74) is 1.53. The van der Waals surface area contributed by atoms with Gasteiger partial charge in [-0.15, -0.1) is 21.5 Å². The summed E-state index contributed by atoms with van der Waals surface area (Å²) < 4.78 is 6.86. The quantitative estimate of drug-likeness (QED) is 0.606. The van der Waals surface area contributed by atoms with E-state index in [9.17, 15) is 9.59 Å². The molecule has 2 amide bonds. The van der Waals surface area contributed by atoms with Crippen LogP contribution in [0.3, 0.4) is 0 Å². The number of carbonyl (C=O) groups excluding carboxylic acids is 2. The highest BCUT2D eigenvalue weighted by molar-refractivity contribution is 7.10. The number of hydrogen-bond acceptors (Lipinski definition) is 6. The Morgan fingerprint density at radius 2 is 2.17 bits per heavy atom. The first-order valence-electron chi connectivity index (χ1n) is 9.34. The van der Waals surface area contributed by atoms with Crippen LogP contribution in [-0.4, -0.2) is 33.9 Å². The molecule has 1 aliphatic heterocycles. The number of fused-ring (bicyclic) bond motifs is 1. The van der Waals surface area contributed by atoms with Crippen LogP contribution in [0.4, 0.5) is 10.5 Å². The van der Waals surface area contributed by atoms with Gasteiger partial charge in [-0.05, 0) is 30.0 Å². The Morgan fingerprint density at radius 3 is 2.97 bits per heavy atom. The monoisotopic (exact) mass is 411 g/mol. The van der Waals surface area contributed by atoms with Crippen molar-refractivity contribution in [2.24, 2.45) is 0 Å². The molecule has 4 rings (SSSR count). The number of esters is 1. The summed E-state index contributed by atoms with van der Waals surface area (Å²) in [5, 5.41) is 16.1. The predicted octanol–water partition coefficient (Wildman–Crippen LogP) is 3.38. The van der Waals surface area contributed by atoms with E-state index in [0.29, 0.717) is 5.69 Å². The fourth-order valence-corrected chi connectivity index (χ4v) is 4.17. The van der Waals surface area contributed by atoms with Crippen LogP contribution in [0.25, 0.3) is 11.4 Å². The van der Waals surface area contributed by atoms with Gasteiger partial charge in [0, 0.05) is 29.1 Å². The highest BCUT2D eigenvalue weighted by Crippen LogP contribution is 2.26. The summed E-state index contributed by atoms with van der Waals surface area (Å²) >= 11 is 1.48. The zero-order valence-corrected chi connectivity index (χ0v) is 16.7. The molecule has 0 bridgehead atoms. The maximum atomic E-state index is 12.6. The van der Waals surface area contributed by atoms with Crippen molar-refractivity contribution in [1.29, 1.82) is 0 Å². The Labute approximate surface area is 171 Å². The summed E-state index contributed by atoms with van der Waals surface area (Å²) in [6, 6.07) is 10.4. The van der Waals surface area contributed by atoms with E-state index in [-0.39, 0.29) is 12.4 Å². The number of aryl methyl sites for hydroxylation is 1. The van der Waals surface area contributed by atoms with Crippen LogP contribution in [-0.2, 0) is 22.5 Å². The summed E-state index contributed by atoms with van der Waals surface area (Å²) in [4.78, 5) is 25.2. The van der Waals surface area contributed by atoms with Crippen LogP contribution in [0.2, 0.25) is 0 Å². The van der Waals surface area contributed by atoms with Crippen molar-refractivity contribution in [1.82, 2.24) is 20.1 Å². The summed E-state index contributed by atoms with van der Waals surface area (Å²) in [7, 11) is 1.33. The summed E-state index contributed by atoms with van der Waals surface area (Å²) in [6.07, 6.45) is 2.08. The minimum atomic E-state index is -0.453. The molecule has 0 fully saturated rings. The number of carbonyl (C=O) groups is 2. The topological polar surface area (TPSA) is 98.1 Å². The van der Waals surface area contributed by atoms with Gasteiger partial charge in [0.05, 0.1) is 19.6 Å². The van der Waals surface area contributed by atoms with Crippen molar-refractivity contribution < 1.29 is 14.3 Å². The lowest BCUT2D eigenvalue weighted by atomic mass is 10.1. The molecule has 8 nitrogen and oxygen atoms in total. The van der Waals surface area contributed by atoms with Crippen molar-refractivity contribution in [3.8, 4) is 11.4 Å². The molecule has 1 aliphatic rings. The summed E-state index contributed by atoms with van der Waals surface area (Å²) in [6.45, 7) is 0.909. The van der Waals surface area contributed by atoms with Gasteiger partial charge < -0.3 is 19.9 Å². The molecule has 2 N–H and O–H groups in total. The fraction of sp³-hybridized carbons (Fsp3) is 0.300. The molecule has 1 aromatic carbocycles. The minimum absolute atomic E-state index is 0.0658. The molecule has 0 saturated carbocycles. The number of urea groups is 1. The standard InChI is InChI=1S/C20H21N5O3S/c1-28-18(26)12-15(16-7-4-10-29-16)22-20(27)21-14-6-2-5-13(11-14)19-24-23-17-8-3-9-25(17)19/h2,4-7,10-11,15H,3,8-9,12H2,1H3,(H2,21,22,27)/t15-/m1/s1. The second-order valence-corrected chi connectivity index (χ2v) is 7.70. The maximum absolute atomic E-state index is 12.6. The van der Waals surface area contributed by atoms with Gasteiger partial charge in [-0.1, -0.05) is 18.2 Å². The molecular formula is C20H21N5O3S. The second kappa shape index (κ2) is 8.44. The molecule has 29 heavy (non-hydrogen) atoms. The van der Waals surface area contributed by atoms with E-state index in [0.717, 1.165) is 41.5 Å². The van der Waals surface area contributed by atoms with Gasteiger partial charge >= 0.3 is 12.0 Å². The lowest BCUT2D eigenvalue weighted by Gasteiger charge is -2.17. The molecular weight excluding hydrogens is 390 g/mol. The van der Waals surface area contributed by atoms with E-state index >= 15 is 0 Å². The Hall–Kier alpha value is -3.20. The average molecular weight is 411 g/mol. The first-order chi connectivity index (χ1) is 14.1. The van der Waals surface area contributed by atoms with E-state index in [1.165, 1.54) is 18.4 Å². The Bertz CT molecular complexity index is 1020. The van der Waals surface area contributed by atoms with E-state index in [1.54, 1.807) is 0 Å². The number of hydrogen-bond donors (Lipinski definition) is 2. The third kappa shape index (κ3) is 4.29. The second-order valence-electron chi connectivity index (χ2n) is 6.72. The van der Waals surface area contributed by atoms with Crippen molar-refractivity contribution >= 4 is 29.0 Å². The number of aromatic nitrogens is 3. The van der Waals surface area contributed by atoms with E-state index in [2.05, 4.69) is 25.4 Å². The van der Waals surface area contributed by atoms with Crippen LogP contribution in [0.1, 0.15) is 29.6 Å². The van der Waals surface area contributed by atoms with E-state index in [1.807, 2.05) is 41.8 Å². The van der Waals surface area contributed by atoms with Gasteiger partial charge in [0.1, 0.15) is 5.82 Å². The van der Waals surface area contributed by atoms with Crippen LogP contribution >= 0.6 is 11.3 Å². The van der Waals surface area contributed by atoms with Crippen molar-refractivity contribution in [2.45, 2.75) is 31.8 Å². The number of rotatable bonds is 6. The molecule has 150 valence electrons. The van der Waals surface area contributed by atoms with Gasteiger partial charge in [0.25, 0.3) is 0 Å². The molecule has 0 radical (unpaired) electrons. The van der Waals surface area contributed by atoms with Crippen LogP contribution in [0.5, 0.6) is 0 Å². The van der Waals surface area contributed by atoms with Crippen molar-refractivity contribution in [3.63, 3.8) is 0 Å². The highest BCUT2D eigenvalue weighted by atomic mass is 32.1. The van der Waals surface area contributed by atoms with Crippen LogP contribution in [0.15, 0.2) is 41.8 Å². The number of ether oxygens (including phenoxy) is 1. The van der Waals surface area contributed by atoms with Crippen LogP contribution < -0.4 is 10.6 Å². The first-order valence-corrected chi connectivity index (χ1v) is 10.2. The number of nitrogens with zero attached hydrogens (tertiary/aromatic N) is 3. The highest BCUT2D eigenvalue weighted by Gasteiger charge is 2.21. The number of nitrogens with one attached hydrogen (secondary N) is 2. The molecule has 3 aromatic rings. The Balaban J connectivity index is 1.47. The SMILES string of the molecule is COC(=O)C[C@@H](NC(=O)Nc1cccc(-c2nnc3n2CCC3)c1)c1cccs1. The van der Waals surface area contributed by atoms with Gasteiger partial charge in [0.2, 0.25) is 0 Å². The van der Waals surface area contributed by atoms with Gasteiger partial charge in [-0.25, -0.2) is 4.79 Å². The van der Waals surface area contributed by atoms with Gasteiger partial charge in [-0.3, -0.25) is 4.79 Å². The molecule has 0 unspecified atom stereocenters. The summed E-state index contributed by atoms with van der Waals surface area (Å²) in [5.74, 6) is 1.42. The molecule has 3 heterocycles. The smallest absolute Gasteiger partial charge is 0.319 e. The fourth-order valence-electron chi connectivity index (χ4n) is 3.39. The zero-order valence-electron chi connectivity index (χ0n) is 15.9. The van der Waals surface area contributed by atoms with Crippen molar-refractivity contribution in [3.05, 3.63) is 52.5 Å². The zero-order chi connectivity index (χ0) is 20.2.